The predicted molar refractivity (Wildman–Crippen MR) is 117 cm³/mol. The van der Waals surface area contributed by atoms with Gasteiger partial charge in [0.1, 0.15) is 5.52 Å². The zero-order valence-corrected chi connectivity index (χ0v) is 18.2. The molecule has 0 spiro atoms. The molecule has 0 aliphatic rings. The fraction of sp³-hybridized carbons (Fsp3) is 0.227. The van der Waals surface area contributed by atoms with E-state index in [1.807, 2.05) is 45.0 Å². The van der Waals surface area contributed by atoms with E-state index in [0.29, 0.717) is 21.6 Å². The zero-order valence-electron chi connectivity index (χ0n) is 16.7. The van der Waals surface area contributed by atoms with Gasteiger partial charge in [0.25, 0.3) is 5.91 Å². The second kappa shape index (κ2) is 9.32. The number of anilines is 1. The summed E-state index contributed by atoms with van der Waals surface area (Å²) in [5.41, 5.74) is 3.75. The largest absolute Gasteiger partial charge is 0.478 e. The molecule has 1 amide bonds. The van der Waals surface area contributed by atoms with Crippen molar-refractivity contribution < 1.29 is 19.1 Å². The van der Waals surface area contributed by atoms with E-state index >= 15 is 0 Å². The molecule has 1 heterocycles. The summed E-state index contributed by atoms with van der Waals surface area (Å²) in [4.78, 5) is 28.6. The van der Waals surface area contributed by atoms with Gasteiger partial charge in [-0.1, -0.05) is 41.4 Å². The first-order valence-electron chi connectivity index (χ1n) is 9.16. The van der Waals surface area contributed by atoms with Crippen LogP contribution in [-0.2, 0) is 14.3 Å². The van der Waals surface area contributed by atoms with Crippen molar-refractivity contribution in [3.8, 4) is 5.75 Å². The normalized spacial score (nSPS) is 10.7. The number of halogens is 2. The van der Waals surface area contributed by atoms with Crippen LogP contribution >= 0.6 is 23.2 Å². The molecule has 6 nitrogen and oxygen atoms in total. The Morgan fingerprint density at radius 2 is 1.70 bits per heavy atom. The van der Waals surface area contributed by atoms with Gasteiger partial charge in [0.05, 0.1) is 10.0 Å². The zero-order chi connectivity index (χ0) is 21.8. The van der Waals surface area contributed by atoms with Gasteiger partial charge < -0.3 is 14.8 Å². The summed E-state index contributed by atoms with van der Waals surface area (Å²) in [7, 11) is 0. The Hall–Kier alpha value is -2.83. The lowest BCUT2D eigenvalue weighted by Crippen LogP contribution is -2.24. The fourth-order valence-electron chi connectivity index (χ4n) is 2.93. The van der Waals surface area contributed by atoms with Crippen molar-refractivity contribution in [2.24, 2.45) is 0 Å². The number of aromatic nitrogens is 1. The maximum Gasteiger partial charge on any atom is 0.344 e. The van der Waals surface area contributed by atoms with Gasteiger partial charge in [0.2, 0.25) is 0 Å². The summed E-state index contributed by atoms with van der Waals surface area (Å²) in [6.45, 7) is 4.74. The second-order valence-electron chi connectivity index (χ2n) is 6.78. The number of hydrogen-bond donors (Lipinski definition) is 1. The summed E-state index contributed by atoms with van der Waals surface area (Å²) in [6.07, 6.45) is 0. The van der Waals surface area contributed by atoms with Crippen LogP contribution in [-0.4, -0.2) is 30.1 Å². The van der Waals surface area contributed by atoms with Gasteiger partial charge in [-0.25, -0.2) is 9.78 Å². The Morgan fingerprint density at radius 3 is 2.40 bits per heavy atom. The third-order valence-corrected chi connectivity index (χ3v) is 5.01. The number of carbonyl (C=O) groups excluding carboxylic acids is 2. The number of benzene rings is 2. The van der Waals surface area contributed by atoms with E-state index in [1.54, 1.807) is 6.07 Å². The number of pyridine rings is 1. The summed E-state index contributed by atoms with van der Waals surface area (Å²) >= 11 is 12.4. The molecular weight excluding hydrogens is 427 g/mol. The molecule has 2 aromatic carbocycles. The Morgan fingerprint density at radius 1 is 1.00 bits per heavy atom. The third-order valence-electron chi connectivity index (χ3n) is 4.42. The monoisotopic (exact) mass is 446 g/mol. The molecule has 30 heavy (non-hydrogen) atoms. The average molecular weight is 447 g/mol. The number of nitrogens with one attached hydrogen (secondary N) is 1. The molecular formula is C22H20Cl2N2O4. The molecule has 0 saturated heterocycles. The van der Waals surface area contributed by atoms with Crippen molar-refractivity contribution >= 4 is 51.7 Å². The van der Waals surface area contributed by atoms with Crippen molar-refractivity contribution in [3.05, 3.63) is 63.3 Å². The van der Waals surface area contributed by atoms with Crippen molar-refractivity contribution in [1.29, 1.82) is 0 Å². The standard InChI is InChI=1S/C22H20Cl2N2O4/c1-12-5-4-6-13(2)20(12)26-18(27)10-29-19(28)11-30-22-17(24)9-16(23)15-8-7-14(3)25-21(15)22/h4-9H,10-11H2,1-3H3,(H,26,27). The lowest BCUT2D eigenvalue weighted by molar-refractivity contribution is -0.149. The predicted octanol–water partition coefficient (Wildman–Crippen LogP) is 5.03. The molecule has 0 unspecified atom stereocenters. The number of amides is 1. The van der Waals surface area contributed by atoms with Gasteiger partial charge >= 0.3 is 5.97 Å². The molecule has 0 saturated carbocycles. The lowest BCUT2D eigenvalue weighted by Gasteiger charge is -2.13. The molecule has 1 aromatic heterocycles. The number of fused-ring (bicyclic) bond motifs is 1. The quantitative estimate of drug-likeness (QED) is 0.537. The maximum absolute atomic E-state index is 12.1. The first kappa shape index (κ1) is 21.9. The number of hydrogen-bond acceptors (Lipinski definition) is 5. The number of esters is 1. The Labute approximate surface area is 184 Å². The number of aryl methyl sites for hydroxylation is 3. The number of ether oxygens (including phenoxy) is 2. The molecule has 156 valence electrons. The minimum Gasteiger partial charge on any atom is -0.478 e. The minimum atomic E-state index is -0.710. The summed E-state index contributed by atoms with van der Waals surface area (Å²) < 4.78 is 10.6. The highest BCUT2D eigenvalue weighted by atomic mass is 35.5. The van der Waals surface area contributed by atoms with Crippen LogP contribution in [0.1, 0.15) is 16.8 Å². The van der Waals surface area contributed by atoms with Crippen LogP contribution in [0, 0.1) is 20.8 Å². The molecule has 3 aromatic rings. The first-order chi connectivity index (χ1) is 14.3. The smallest absolute Gasteiger partial charge is 0.344 e. The van der Waals surface area contributed by atoms with E-state index in [2.05, 4.69) is 10.3 Å². The highest BCUT2D eigenvalue weighted by Gasteiger charge is 2.16. The summed E-state index contributed by atoms with van der Waals surface area (Å²) in [5.74, 6) is -0.914. The van der Waals surface area contributed by atoms with Crippen LogP contribution in [0.4, 0.5) is 5.69 Å². The Balaban J connectivity index is 1.61. The first-order valence-corrected chi connectivity index (χ1v) is 9.91. The maximum atomic E-state index is 12.1. The van der Waals surface area contributed by atoms with Crippen LogP contribution in [0.5, 0.6) is 5.75 Å². The van der Waals surface area contributed by atoms with Crippen molar-refractivity contribution in [3.63, 3.8) is 0 Å². The van der Waals surface area contributed by atoms with E-state index in [1.165, 1.54) is 6.07 Å². The number of rotatable bonds is 6. The number of carbonyl (C=O) groups is 2. The van der Waals surface area contributed by atoms with Crippen molar-refractivity contribution in [2.45, 2.75) is 20.8 Å². The Kier molecular flexibility index (Phi) is 6.80. The van der Waals surface area contributed by atoms with Gasteiger partial charge in [-0.3, -0.25) is 4.79 Å². The topological polar surface area (TPSA) is 77.5 Å². The molecule has 0 radical (unpaired) electrons. The van der Waals surface area contributed by atoms with Crippen LogP contribution in [0.2, 0.25) is 10.0 Å². The van der Waals surface area contributed by atoms with Crippen molar-refractivity contribution in [1.82, 2.24) is 4.98 Å². The SMILES string of the molecule is Cc1ccc2c(Cl)cc(Cl)c(OCC(=O)OCC(=O)Nc3c(C)cccc3C)c2n1. The van der Waals surface area contributed by atoms with Gasteiger partial charge in [-0.05, 0) is 50.1 Å². The van der Waals surface area contributed by atoms with E-state index in [4.69, 9.17) is 32.7 Å². The molecule has 3 rings (SSSR count). The van der Waals surface area contributed by atoms with E-state index in [0.717, 1.165) is 16.8 Å². The second-order valence-corrected chi connectivity index (χ2v) is 7.60. The molecule has 0 aliphatic carbocycles. The number of nitrogens with zero attached hydrogens (tertiary/aromatic N) is 1. The molecule has 0 atom stereocenters. The van der Waals surface area contributed by atoms with Gasteiger partial charge in [0, 0.05) is 16.8 Å². The average Bonchev–Trinajstić information content (AvgIpc) is 2.69. The van der Waals surface area contributed by atoms with Crippen LogP contribution in [0.3, 0.4) is 0 Å². The van der Waals surface area contributed by atoms with Gasteiger partial charge in [0.15, 0.2) is 19.0 Å². The number of para-hydroxylation sites is 1. The summed E-state index contributed by atoms with van der Waals surface area (Å²) in [6, 6.07) is 10.8. The van der Waals surface area contributed by atoms with E-state index in [-0.39, 0.29) is 10.8 Å². The highest BCUT2D eigenvalue weighted by Crippen LogP contribution is 2.37. The molecule has 0 fully saturated rings. The molecule has 8 heteroatoms. The van der Waals surface area contributed by atoms with Crippen LogP contribution < -0.4 is 10.1 Å². The molecule has 1 N–H and O–H groups in total. The Bertz CT molecular complexity index is 1110. The van der Waals surface area contributed by atoms with Crippen LogP contribution in [0.15, 0.2) is 36.4 Å². The van der Waals surface area contributed by atoms with Gasteiger partial charge in [-0.15, -0.1) is 0 Å². The van der Waals surface area contributed by atoms with E-state index in [9.17, 15) is 9.59 Å². The van der Waals surface area contributed by atoms with E-state index < -0.39 is 25.1 Å². The third kappa shape index (κ3) is 5.01. The molecule has 0 aliphatic heterocycles. The van der Waals surface area contributed by atoms with Crippen molar-refractivity contribution in [2.75, 3.05) is 18.5 Å². The van der Waals surface area contributed by atoms with Gasteiger partial charge in [-0.2, -0.15) is 0 Å². The molecule has 0 bridgehead atoms. The minimum absolute atomic E-state index is 0.228. The van der Waals surface area contributed by atoms with Crippen LogP contribution in [0.25, 0.3) is 10.9 Å². The fourth-order valence-corrected chi connectivity index (χ4v) is 3.50. The lowest BCUT2D eigenvalue weighted by atomic mass is 10.1. The summed E-state index contributed by atoms with van der Waals surface area (Å²) in [5, 5.41) is 4.07. The highest BCUT2D eigenvalue weighted by molar-refractivity contribution is 6.39.